The van der Waals surface area contributed by atoms with Crippen LogP contribution in [0.3, 0.4) is 0 Å². The SMILES string of the molecule is Cc1ccccc1OCCCCC(C#N)C(=O)N1CCCC1. The molecule has 1 amide bonds. The van der Waals surface area contributed by atoms with E-state index in [9.17, 15) is 10.1 Å². The van der Waals surface area contributed by atoms with E-state index in [-0.39, 0.29) is 5.91 Å². The molecule has 1 aromatic rings. The van der Waals surface area contributed by atoms with E-state index >= 15 is 0 Å². The zero-order valence-electron chi connectivity index (χ0n) is 13.3. The second-order valence-electron chi connectivity index (χ2n) is 5.82. The van der Waals surface area contributed by atoms with Crippen LogP contribution in [-0.2, 0) is 4.79 Å². The molecule has 2 rings (SSSR count). The van der Waals surface area contributed by atoms with Crippen molar-refractivity contribution in [3.8, 4) is 11.8 Å². The number of nitriles is 1. The van der Waals surface area contributed by atoms with Gasteiger partial charge < -0.3 is 9.64 Å². The van der Waals surface area contributed by atoms with Crippen molar-refractivity contribution in [2.24, 2.45) is 5.92 Å². The van der Waals surface area contributed by atoms with Gasteiger partial charge in [-0.2, -0.15) is 5.26 Å². The van der Waals surface area contributed by atoms with Crippen molar-refractivity contribution in [2.45, 2.75) is 39.0 Å². The molecule has 0 N–H and O–H groups in total. The maximum absolute atomic E-state index is 12.2. The first-order valence-electron chi connectivity index (χ1n) is 8.09. The summed E-state index contributed by atoms with van der Waals surface area (Å²) in [5, 5.41) is 9.20. The number of carbonyl (C=O) groups excluding carboxylic acids is 1. The maximum atomic E-state index is 12.2. The third-order valence-corrected chi connectivity index (χ3v) is 4.11. The highest BCUT2D eigenvalue weighted by Gasteiger charge is 2.25. The average molecular weight is 300 g/mol. The van der Waals surface area contributed by atoms with Crippen molar-refractivity contribution in [3.05, 3.63) is 29.8 Å². The van der Waals surface area contributed by atoms with Gasteiger partial charge in [-0.1, -0.05) is 18.2 Å². The van der Waals surface area contributed by atoms with Gasteiger partial charge in [-0.05, 0) is 50.7 Å². The Hall–Kier alpha value is -2.02. The fourth-order valence-electron chi connectivity index (χ4n) is 2.75. The second-order valence-corrected chi connectivity index (χ2v) is 5.82. The van der Waals surface area contributed by atoms with Gasteiger partial charge in [0.2, 0.25) is 5.91 Å². The minimum absolute atomic E-state index is 0.0137. The fourth-order valence-corrected chi connectivity index (χ4v) is 2.75. The molecule has 1 aromatic carbocycles. The van der Waals surface area contributed by atoms with Crippen LogP contribution in [0.1, 0.15) is 37.7 Å². The molecule has 0 spiro atoms. The normalized spacial score (nSPS) is 15.4. The number of hydrogen-bond acceptors (Lipinski definition) is 3. The molecule has 1 saturated heterocycles. The molecular formula is C18H24N2O2. The van der Waals surface area contributed by atoms with Crippen molar-refractivity contribution >= 4 is 5.91 Å². The molecule has 1 atom stereocenters. The van der Waals surface area contributed by atoms with Gasteiger partial charge in [0.25, 0.3) is 0 Å². The molecule has 1 unspecified atom stereocenters. The molecule has 0 aromatic heterocycles. The van der Waals surface area contributed by atoms with E-state index in [0.29, 0.717) is 13.0 Å². The molecule has 1 fully saturated rings. The van der Waals surface area contributed by atoms with Gasteiger partial charge in [-0.25, -0.2) is 0 Å². The number of carbonyl (C=O) groups is 1. The van der Waals surface area contributed by atoms with Crippen LogP contribution < -0.4 is 4.74 Å². The number of ether oxygens (including phenoxy) is 1. The minimum Gasteiger partial charge on any atom is -0.493 e. The highest BCUT2D eigenvalue weighted by molar-refractivity contribution is 5.81. The summed E-state index contributed by atoms with van der Waals surface area (Å²) < 4.78 is 5.73. The van der Waals surface area contributed by atoms with E-state index in [4.69, 9.17) is 4.74 Å². The van der Waals surface area contributed by atoms with E-state index in [1.807, 2.05) is 36.1 Å². The second kappa shape index (κ2) is 8.43. The van der Waals surface area contributed by atoms with Gasteiger partial charge in [0.05, 0.1) is 12.7 Å². The van der Waals surface area contributed by atoms with Gasteiger partial charge >= 0.3 is 0 Å². The van der Waals surface area contributed by atoms with E-state index < -0.39 is 5.92 Å². The quantitative estimate of drug-likeness (QED) is 0.726. The van der Waals surface area contributed by atoms with Crippen molar-refractivity contribution in [1.29, 1.82) is 5.26 Å². The van der Waals surface area contributed by atoms with Crippen LogP contribution in [0.4, 0.5) is 0 Å². The van der Waals surface area contributed by atoms with Crippen molar-refractivity contribution in [3.63, 3.8) is 0 Å². The first-order chi connectivity index (χ1) is 10.7. The molecule has 0 saturated carbocycles. The van der Waals surface area contributed by atoms with Crippen LogP contribution in [0, 0.1) is 24.2 Å². The van der Waals surface area contributed by atoms with Crippen LogP contribution in [0.5, 0.6) is 5.75 Å². The summed E-state index contributed by atoms with van der Waals surface area (Å²) in [5.41, 5.74) is 1.13. The minimum atomic E-state index is -0.489. The molecule has 0 radical (unpaired) electrons. The molecule has 4 heteroatoms. The molecule has 0 aliphatic carbocycles. The lowest BCUT2D eigenvalue weighted by Crippen LogP contribution is -2.33. The predicted molar refractivity (Wildman–Crippen MR) is 85.4 cm³/mol. The van der Waals surface area contributed by atoms with Crippen LogP contribution in [-0.4, -0.2) is 30.5 Å². The van der Waals surface area contributed by atoms with Gasteiger partial charge in [0, 0.05) is 13.1 Å². The van der Waals surface area contributed by atoms with Gasteiger partial charge in [0.15, 0.2) is 0 Å². The number of unbranched alkanes of at least 4 members (excludes halogenated alkanes) is 1. The molecule has 22 heavy (non-hydrogen) atoms. The smallest absolute Gasteiger partial charge is 0.239 e. The van der Waals surface area contributed by atoms with Crippen molar-refractivity contribution in [2.75, 3.05) is 19.7 Å². The first-order valence-corrected chi connectivity index (χ1v) is 8.09. The summed E-state index contributed by atoms with van der Waals surface area (Å²) >= 11 is 0. The Morgan fingerprint density at radius 1 is 1.32 bits per heavy atom. The predicted octanol–water partition coefficient (Wildman–Crippen LogP) is 3.31. The number of likely N-dealkylation sites (tertiary alicyclic amines) is 1. The first kappa shape index (κ1) is 16.4. The Labute approximate surface area is 132 Å². The monoisotopic (exact) mass is 300 g/mol. The Morgan fingerprint density at radius 2 is 2.05 bits per heavy atom. The molecule has 1 aliphatic heterocycles. The summed E-state index contributed by atoms with van der Waals surface area (Å²) in [4.78, 5) is 14.0. The number of benzene rings is 1. The van der Waals surface area contributed by atoms with Gasteiger partial charge in [-0.3, -0.25) is 4.79 Å². The van der Waals surface area contributed by atoms with E-state index in [1.54, 1.807) is 0 Å². The highest BCUT2D eigenvalue weighted by Crippen LogP contribution is 2.18. The van der Waals surface area contributed by atoms with Crippen LogP contribution in [0.25, 0.3) is 0 Å². The largest absolute Gasteiger partial charge is 0.493 e. The number of rotatable bonds is 7. The molecule has 1 heterocycles. The van der Waals surface area contributed by atoms with Crippen LogP contribution >= 0.6 is 0 Å². The van der Waals surface area contributed by atoms with Crippen molar-refractivity contribution < 1.29 is 9.53 Å². The van der Waals surface area contributed by atoms with Crippen LogP contribution in [0.2, 0.25) is 0 Å². The number of hydrogen-bond donors (Lipinski definition) is 0. The summed E-state index contributed by atoms with van der Waals surface area (Å²) in [6.45, 7) is 4.28. The number of amides is 1. The van der Waals surface area contributed by atoms with Crippen molar-refractivity contribution in [1.82, 2.24) is 4.90 Å². The zero-order chi connectivity index (χ0) is 15.8. The number of para-hydroxylation sites is 1. The lowest BCUT2D eigenvalue weighted by Gasteiger charge is -2.18. The molecule has 118 valence electrons. The van der Waals surface area contributed by atoms with E-state index in [1.165, 1.54) is 0 Å². The van der Waals surface area contributed by atoms with E-state index in [0.717, 1.165) is 50.1 Å². The third kappa shape index (κ3) is 4.49. The third-order valence-electron chi connectivity index (χ3n) is 4.11. The summed E-state index contributed by atoms with van der Waals surface area (Å²) in [6.07, 6.45) is 4.45. The topological polar surface area (TPSA) is 53.3 Å². The average Bonchev–Trinajstić information content (AvgIpc) is 3.06. The molecule has 1 aliphatic rings. The lowest BCUT2D eigenvalue weighted by atomic mass is 10.0. The standard InChI is InChI=1S/C18H24N2O2/c1-15-8-2-3-10-17(15)22-13-7-4-9-16(14-19)18(21)20-11-5-6-12-20/h2-3,8,10,16H,4-7,9,11-13H2,1H3. The summed E-state index contributed by atoms with van der Waals surface area (Å²) in [7, 11) is 0. The Kier molecular flexibility index (Phi) is 6.27. The number of nitrogens with zero attached hydrogens (tertiary/aromatic N) is 2. The van der Waals surface area contributed by atoms with Crippen LogP contribution in [0.15, 0.2) is 24.3 Å². The highest BCUT2D eigenvalue weighted by atomic mass is 16.5. The molecule has 4 nitrogen and oxygen atoms in total. The molecule has 0 bridgehead atoms. The summed E-state index contributed by atoms with van der Waals surface area (Å²) in [6, 6.07) is 10.1. The number of aryl methyl sites for hydroxylation is 1. The lowest BCUT2D eigenvalue weighted by molar-refractivity contribution is -0.132. The fraction of sp³-hybridized carbons (Fsp3) is 0.556. The maximum Gasteiger partial charge on any atom is 0.239 e. The Morgan fingerprint density at radius 3 is 2.73 bits per heavy atom. The van der Waals surface area contributed by atoms with E-state index in [2.05, 4.69) is 6.07 Å². The zero-order valence-corrected chi connectivity index (χ0v) is 13.3. The summed E-state index contributed by atoms with van der Waals surface area (Å²) in [5.74, 6) is 0.434. The molecular weight excluding hydrogens is 276 g/mol. The van der Waals surface area contributed by atoms with Gasteiger partial charge in [0.1, 0.15) is 11.7 Å². The van der Waals surface area contributed by atoms with Gasteiger partial charge in [-0.15, -0.1) is 0 Å². The Bertz CT molecular complexity index is 530. The Balaban J connectivity index is 1.67.